The molecule has 7 heteroatoms. The highest BCUT2D eigenvalue weighted by atomic mass is 35.5. The largest absolute Gasteiger partial charge is 0.445 e. The van der Waals surface area contributed by atoms with Crippen molar-refractivity contribution in [1.29, 1.82) is 0 Å². The maximum absolute atomic E-state index is 12.1. The summed E-state index contributed by atoms with van der Waals surface area (Å²) in [6.45, 7) is 3.33. The van der Waals surface area contributed by atoms with Gasteiger partial charge in [0.25, 0.3) is 5.90 Å². The van der Waals surface area contributed by atoms with Gasteiger partial charge in [-0.2, -0.15) is 5.01 Å². The number of halogens is 1. The highest BCUT2D eigenvalue weighted by Gasteiger charge is 2.36. The topological polar surface area (TPSA) is 59.2 Å². The van der Waals surface area contributed by atoms with Crippen molar-refractivity contribution in [3.05, 3.63) is 70.6 Å². The molecule has 0 saturated carbocycles. The number of imidazole rings is 1. The summed E-state index contributed by atoms with van der Waals surface area (Å²) in [5.41, 5.74) is 2.96. The summed E-state index contributed by atoms with van der Waals surface area (Å²) < 4.78 is 7.94. The number of benzene rings is 1. The molecule has 25 heavy (non-hydrogen) atoms. The highest BCUT2D eigenvalue weighted by molar-refractivity contribution is 6.31. The highest BCUT2D eigenvalue weighted by Crippen LogP contribution is 2.34. The van der Waals surface area contributed by atoms with Crippen molar-refractivity contribution in [2.45, 2.75) is 20.1 Å². The monoisotopic (exact) mass is 354 g/mol. The number of pyridine rings is 1. The Morgan fingerprint density at radius 3 is 2.72 bits per heavy atom. The number of aromatic nitrogens is 2. The average Bonchev–Trinajstić information content (AvgIpc) is 3.15. The van der Waals surface area contributed by atoms with E-state index in [1.807, 2.05) is 53.9 Å². The fraction of sp³-hybridized carbons (Fsp3) is 0.167. The zero-order valence-electron chi connectivity index (χ0n) is 13.7. The Bertz CT molecular complexity index is 1010. The zero-order chi connectivity index (χ0) is 17.6. The van der Waals surface area contributed by atoms with Crippen LogP contribution in [0.1, 0.15) is 30.1 Å². The number of fused-ring (bicyclic) bond motifs is 1. The first-order chi connectivity index (χ1) is 12.1. The summed E-state index contributed by atoms with van der Waals surface area (Å²) in [6, 6.07) is 13.0. The normalized spacial score (nSPS) is 16.8. The van der Waals surface area contributed by atoms with Crippen molar-refractivity contribution >= 4 is 29.1 Å². The third-order valence-corrected chi connectivity index (χ3v) is 4.39. The van der Waals surface area contributed by atoms with Crippen LogP contribution in [0, 0.1) is 6.92 Å². The molecule has 0 bridgehead atoms. The number of rotatable bonds is 2. The Morgan fingerprint density at radius 2 is 1.96 bits per heavy atom. The number of carbonyl (C=O) groups excluding carboxylic acids is 1. The van der Waals surface area contributed by atoms with E-state index >= 15 is 0 Å². The molecule has 1 aliphatic heterocycles. The molecule has 1 amide bonds. The number of carbonyl (C=O) groups is 1. The van der Waals surface area contributed by atoms with Crippen LogP contribution in [-0.4, -0.2) is 26.2 Å². The van der Waals surface area contributed by atoms with Crippen LogP contribution < -0.4 is 0 Å². The number of ether oxygens (including phenoxy) is 1. The maximum Gasteiger partial charge on any atom is 0.260 e. The van der Waals surface area contributed by atoms with Crippen molar-refractivity contribution in [3.8, 4) is 0 Å². The van der Waals surface area contributed by atoms with Gasteiger partial charge in [-0.15, -0.1) is 5.10 Å². The molecule has 0 N–H and O–H groups in total. The number of nitrogens with zero attached hydrogens (tertiary/aromatic N) is 4. The van der Waals surface area contributed by atoms with Crippen LogP contribution in [0.3, 0.4) is 0 Å². The van der Waals surface area contributed by atoms with Crippen molar-refractivity contribution in [2.24, 2.45) is 5.10 Å². The quantitative estimate of drug-likeness (QED) is 0.707. The fourth-order valence-electron chi connectivity index (χ4n) is 2.91. The van der Waals surface area contributed by atoms with Crippen LogP contribution in [0.4, 0.5) is 0 Å². The molecule has 6 nitrogen and oxygen atoms in total. The van der Waals surface area contributed by atoms with Crippen LogP contribution in [0.25, 0.3) is 5.65 Å². The van der Waals surface area contributed by atoms with E-state index in [0.717, 1.165) is 17.0 Å². The number of hydrogen-bond acceptors (Lipinski definition) is 4. The lowest BCUT2D eigenvalue weighted by atomic mass is 10.2. The van der Waals surface area contributed by atoms with Gasteiger partial charge >= 0.3 is 0 Å². The molecule has 0 saturated heterocycles. The second-order valence-corrected chi connectivity index (χ2v) is 6.14. The van der Waals surface area contributed by atoms with Gasteiger partial charge in [0, 0.05) is 23.7 Å². The molecule has 0 unspecified atom stereocenters. The minimum Gasteiger partial charge on any atom is -0.445 e. The molecule has 1 aromatic carbocycles. The van der Waals surface area contributed by atoms with Crippen LogP contribution in [0.2, 0.25) is 5.02 Å². The second kappa shape index (κ2) is 5.89. The average molecular weight is 355 g/mol. The van der Waals surface area contributed by atoms with Gasteiger partial charge < -0.3 is 4.74 Å². The summed E-state index contributed by atoms with van der Waals surface area (Å²) in [7, 11) is 0. The van der Waals surface area contributed by atoms with Gasteiger partial charge in [-0.1, -0.05) is 35.9 Å². The van der Waals surface area contributed by atoms with Gasteiger partial charge in [0.05, 0.1) is 5.69 Å². The van der Waals surface area contributed by atoms with Crippen LogP contribution in [-0.2, 0) is 9.53 Å². The Balaban J connectivity index is 1.82. The van der Waals surface area contributed by atoms with E-state index in [9.17, 15) is 4.79 Å². The van der Waals surface area contributed by atoms with E-state index in [1.165, 1.54) is 11.9 Å². The van der Waals surface area contributed by atoms with Gasteiger partial charge in [0.2, 0.25) is 12.1 Å². The molecule has 0 spiro atoms. The van der Waals surface area contributed by atoms with Crippen molar-refractivity contribution in [3.63, 3.8) is 0 Å². The lowest BCUT2D eigenvalue weighted by Gasteiger charge is -2.20. The lowest BCUT2D eigenvalue weighted by molar-refractivity contribution is -0.135. The van der Waals surface area contributed by atoms with Crippen molar-refractivity contribution in [1.82, 2.24) is 14.4 Å². The van der Waals surface area contributed by atoms with Gasteiger partial charge in [-0.25, -0.2) is 4.98 Å². The van der Waals surface area contributed by atoms with Gasteiger partial charge in [0.15, 0.2) is 0 Å². The second-order valence-electron chi connectivity index (χ2n) is 5.74. The summed E-state index contributed by atoms with van der Waals surface area (Å²) in [4.78, 5) is 16.6. The van der Waals surface area contributed by atoms with Crippen LogP contribution in [0.5, 0.6) is 0 Å². The molecule has 0 fully saturated rings. The number of amides is 1. The molecular weight excluding hydrogens is 340 g/mol. The zero-order valence-corrected chi connectivity index (χ0v) is 14.4. The van der Waals surface area contributed by atoms with Gasteiger partial charge in [-0.3, -0.25) is 9.20 Å². The SMILES string of the molecule is CC(=O)N1N=C(c2c(C)nc3ccccn23)O[C@H]1c1ccccc1Cl. The standard InChI is InChI=1S/C18H15ClN4O2/c1-11-16(22-10-6-5-9-15(22)20-11)17-21-23(12(2)24)18(25-17)13-7-3-4-8-14(13)19/h3-10,18H,1-2H3/t18-/m0/s1. The minimum atomic E-state index is -0.699. The van der Waals surface area contributed by atoms with E-state index in [-0.39, 0.29) is 5.91 Å². The molecule has 0 aliphatic carbocycles. The lowest BCUT2D eigenvalue weighted by Crippen LogP contribution is -2.25. The summed E-state index contributed by atoms with van der Waals surface area (Å²) >= 11 is 6.29. The fourth-order valence-corrected chi connectivity index (χ4v) is 3.14. The van der Waals surface area contributed by atoms with Gasteiger partial charge in [-0.05, 0) is 25.1 Å². The number of aryl methyl sites for hydroxylation is 1. The Morgan fingerprint density at radius 1 is 1.20 bits per heavy atom. The molecule has 4 rings (SSSR count). The molecule has 0 radical (unpaired) electrons. The number of hydrogen-bond donors (Lipinski definition) is 0. The first kappa shape index (κ1) is 15.7. The Hall–Kier alpha value is -2.86. The van der Waals surface area contributed by atoms with Crippen molar-refractivity contribution in [2.75, 3.05) is 0 Å². The smallest absolute Gasteiger partial charge is 0.260 e. The first-order valence-electron chi connectivity index (χ1n) is 7.80. The molecule has 2 aromatic heterocycles. The molecule has 126 valence electrons. The van der Waals surface area contributed by atoms with Gasteiger partial charge in [0.1, 0.15) is 11.3 Å². The van der Waals surface area contributed by atoms with Crippen LogP contribution in [0.15, 0.2) is 53.8 Å². The van der Waals surface area contributed by atoms with E-state index < -0.39 is 6.23 Å². The van der Waals surface area contributed by atoms with E-state index in [0.29, 0.717) is 16.5 Å². The Kier molecular flexibility index (Phi) is 3.69. The van der Waals surface area contributed by atoms with E-state index in [2.05, 4.69) is 10.1 Å². The molecule has 3 aromatic rings. The van der Waals surface area contributed by atoms with E-state index in [1.54, 1.807) is 6.07 Å². The molecule has 3 heterocycles. The molecule has 1 aliphatic rings. The third-order valence-electron chi connectivity index (χ3n) is 4.04. The predicted molar refractivity (Wildman–Crippen MR) is 94.3 cm³/mol. The number of hydrazone groups is 1. The third kappa shape index (κ3) is 2.55. The first-order valence-corrected chi connectivity index (χ1v) is 8.17. The summed E-state index contributed by atoms with van der Waals surface area (Å²) in [5.74, 6) is 0.114. The summed E-state index contributed by atoms with van der Waals surface area (Å²) in [5, 5.41) is 6.22. The Labute approximate surface area is 149 Å². The van der Waals surface area contributed by atoms with Crippen LogP contribution >= 0.6 is 11.6 Å². The van der Waals surface area contributed by atoms with E-state index in [4.69, 9.17) is 16.3 Å². The molecule has 1 atom stereocenters. The van der Waals surface area contributed by atoms with Crippen molar-refractivity contribution < 1.29 is 9.53 Å². The molecular formula is C18H15ClN4O2. The summed E-state index contributed by atoms with van der Waals surface area (Å²) in [6.07, 6.45) is 1.19. The minimum absolute atomic E-state index is 0.230. The predicted octanol–water partition coefficient (Wildman–Crippen LogP) is 3.54. The maximum atomic E-state index is 12.1.